The lowest BCUT2D eigenvalue weighted by Crippen LogP contribution is -2.45. The van der Waals surface area contributed by atoms with E-state index in [0.717, 1.165) is 5.56 Å². The molecule has 22 heavy (non-hydrogen) atoms. The van der Waals surface area contributed by atoms with Gasteiger partial charge < -0.3 is 20.1 Å². The number of hydrogen-bond acceptors (Lipinski definition) is 4. The van der Waals surface area contributed by atoms with E-state index in [4.69, 9.17) is 21.1 Å². The molecule has 0 saturated heterocycles. The number of hydrogen-bond donors (Lipinski definition) is 2. The van der Waals surface area contributed by atoms with Crippen LogP contribution < -0.4 is 10.6 Å². The van der Waals surface area contributed by atoms with E-state index in [2.05, 4.69) is 20.6 Å². The van der Waals surface area contributed by atoms with E-state index >= 15 is 0 Å². The summed E-state index contributed by atoms with van der Waals surface area (Å²) in [6, 6.07) is 3.82. The standard InChI is InChI=1S/C14H23ClN4O2.HI/c1-11(10-21-3)19-14(16-6-7-20-2)18-9-12-4-5-13(15)17-8-12;/h4-5,8,11H,6-7,9-10H2,1-3H3,(H2,16,18,19);1H. The highest BCUT2D eigenvalue weighted by molar-refractivity contribution is 14.0. The topological polar surface area (TPSA) is 67.8 Å². The van der Waals surface area contributed by atoms with Crippen LogP contribution in [0.15, 0.2) is 23.3 Å². The van der Waals surface area contributed by atoms with E-state index in [1.54, 1.807) is 26.5 Å². The molecule has 6 nitrogen and oxygen atoms in total. The second-order valence-corrected chi connectivity index (χ2v) is 4.96. The first-order chi connectivity index (χ1) is 10.2. The minimum Gasteiger partial charge on any atom is -0.383 e. The van der Waals surface area contributed by atoms with Gasteiger partial charge in [0.05, 0.1) is 19.8 Å². The van der Waals surface area contributed by atoms with Crippen molar-refractivity contribution in [1.82, 2.24) is 15.6 Å². The molecule has 1 heterocycles. The van der Waals surface area contributed by atoms with Crippen molar-refractivity contribution >= 4 is 41.5 Å². The first-order valence-electron chi connectivity index (χ1n) is 6.79. The molecule has 1 unspecified atom stereocenters. The number of nitrogens with zero attached hydrogens (tertiary/aromatic N) is 2. The average molecular weight is 443 g/mol. The number of guanidine groups is 1. The van der Waals surface area contributed by atoms with Crippen molar-refractivity contribution < 1.29 is 9.47 Å². The van der Waals surface area contributed by atoms with Gasteiger partial charge in [-0.15, -0.1) is 24.0 Å². The first kappa shape index (κ1) is 21.4. The van der Waals surface area contributed by atoms with E-state index < -0.39 is 0 Å². The van der Waals surface area contributed by atoms with Crippen molar-refractivity contribution in [2.24, 2.45) is 4.99 Å². The minimum atomic E-state index is 0. The molecular formula is C14H24ClIN4O2. The molecule has 0 amide bonds. The zero-order valence-electron chi connectivity index (χ0n) is 13.1. The van der Waals surface area contributed by atoms with E-state index in [1.807, 2.05) is 13.0 Å². The quantitative estimate of drug-likeness (QED) is 0.212. The zero-order valence-corrected chi connectivity index (χ0v) is 16.2. The monoisotopic (exact) mass is 442 g/mol. The summed E-state index contributed by atoms with van der Waals surface area (Å²) in [7, 11) is 3.34. The Hall–Kier alpha value is -0.640. The van der Waals surface area contributed by atoms with Crippen molar-refractivity contribution in [2.45, 2.75) is 19.5 Å². The number of ether oxygens (including phenoxy) is 2. The third kappa shape index (κ3) is 9.39. The van der Waals surface area contributed by atoms with Crippen LogP contribution in [0.3, 0.4) is 0 Å². The van der Waals surface area contributed by atoms with Crippen LogP contribution in [0, 0.1) is 0 Å². The maximum Gasteiger partial charge on any atom is 0.191 e. The summed E-state index contributed by atoms with van der Waals surface area (Å²) in [6.45, 7) is 4.45. The van der Waals surface area contributed by atoms with Gasteiger partial charge in [-0.1, -0.05) is 17.7 Å². The molecule has 0 aromatic carbocycles. The molecule has 1 aromatic heterocycles. The number of nitrogens with one attached hydrogen (secondary N) is 2. The van der Waals surface area contributed by atoms with Crippen LogP contribution in [0.25, 0.3) is 0 Å². The summed E-state index contributed by atoms with van der Waals surface area (Å²) >= 11 is 5.76. The summed E-state index contributed by atoms with van der Waals surface area (Å²) in [6.07, 6.45) is 1.72. The summed E-state index contributed by atoms with van der Waals surface area (Å²) in [5.41, 5.74) is 0.992. The summed E-state index contributed by atoms with van der Waals surface area (Å²) in [4.78, 5) is 8.56. The fourth-order valence-electron chi connectivity index (χ4n) is 1.62. The highest BCUT2D eigenvalue weighted by Gasteiger charge is 2.05. The van der Waals surface area contributed by atoms with Gasteiger partial charge in [0.25, 0.3) is 0 Å². The Morgan fingerprint density at radius 2 is 2.14 bits per heavy atom. The molecule has 1 aromatic rings. The number of halogens is 2. The lowest BCUT2D eigenvalue weighted by Gasteiger charge is -2.17. The van der Waals surface area contributed by atoms with Crippen LogP contribution in [0.2, 0.25) is 5.15 Å². The van der Waals surface area contributed by atoms with Gasteiger partial charge in [0.1, 0.15) is 5.15 Å². The third-order valence-electron chi connectivity index (χ3n) is 2.61. The van der Waals surface area contributed by atoms with Crippen LogP contribution in [-0.2, 0) is 16.0 Å². The molecule has 0 aliphatic rings. The molecule has 0 saturated carbocycles. The van der Waals surface area contributed by atoms with Crippen molar-refractivity contribution in [3.63, 3.8) is 0 Å². The van der Waals surface area contributed by atoms with Gasteiger partial charge in [-0.25, -0.2) is 9.98 Å². The molecule has 1 atom stereocenters. The minimum absolute atomic E-state index is 0. The number of pyridine rings is 1. The molecule has 0 radical (unpaired) electrons. The van der Waals surface area contributed by atoms with Gasteiger partial charge in [0.2, 0.25) is 0 Å². The number of methoxy groups -OCH3 is 2. The first-order valence-corrected chi connectivity index (χ1v) is 7.16. The van der Waals surface area contributed by atoms with Crippen LogP contribution in [-0.4, -0.2) is 51.0 Å². The average Bonchev–Trinajstić information content (AvgIpc) is 2.46. The molecule has 8 heteroatoms. The lowest BCUT2D eigenvalue weighted by molar-refractivity contribution is 0.178. The lowest BCUT2D eigenvalue weighted by atomic mass is 10.3. The fourth-order valence-corrected chi connectivity index (χ4v) is 1.73. The largest absolute Gasteiger partial charge is 0.383 e. The number of aromatic nitrogens is 1. The van der Waals surface area contributed by atoms with E-state index in [0.29, 0.717) is 37.4 Å². The maximum absolute atomic E-state index is 5.76. The SMILES string of the molecule is COCCNC(=NCc1ccc(Cl)nc1)NC(C)COC.I. The van der Waals surface area contributed by atoms with Crippen LogP contribution in [0.4, 0.5) is 0 Å². The number of aliphatic imine (C=N–C) groups is 1. The third-order valence-corrected chi connectivity index (χ3v) is 2.83. The second-order valence-electron chi connectivity index (χ2n) is 4.57. The predicted octanol–water partition coefficient (Wildman–Crippen LogP) is 2.07. The Bertz CT molecular complexity index is 431. The fraction of sp³-hybridized carbons (Fsp3) is 0.571. The summed E-state index contributed by atoms with van der Waals surface area (Å²) in [5, 5.41) is 6.95. The van der Waals surface area contributed by atoms with E-state index in [-0.39, 0.29) is 30.0 Å². The molecule has 0 aliphatic heterocycles. The van der Waals surface area contributed by atoms with Crippen molar-refractivity contribution in [3.05, 3.63) is 29.0 Å². The zero-order chi connectivity index (χ0) is 15.5. The Balaban J connectivity index is 0.00000441. The van der Waals surface area contributed by atoms with Gasteiger partial charge in [0.15, 0.2) is 5.96 Å². The van der Waals surface area contributed by atoms with E-state index in [1.165, 1.54) is 0 Å². The van der Waals surface area contributed by atoms with Crippen LogP contribution in [0.1, 0.15) is 12.5 Å². The molecule has 0 spiro atoms. The Morgan fingerprint density at radius 3 is 2.73 bits per heavy atom. The predicted molar refractivity (Wildman–Crippen MR) is 100 cm³/mol. The molecule has 0 bridgehead atoms. The summed E-state index contributed by atoms with van der Waals surface area (Å²) in [5.74, 6) is 0.714. The number of rotatable bonds is 8. The molecule has 2 N–H and O–H groups in total. The van der Waals surface area contributed by atoms with Crippen molar-refractivity contribution in [3.8, 4) is 0 Å². The van der Waals surface area contributed by atoms with Gasteiger partial charge in [-0.05, 0) is 18.6 Å². The van der Waals surface area contributed by atoms with Crippen molar-refractivity contribution in [2.75, 3.05) is 34.0 Å². The Morgan fingerprint density at radius 1 is 1.36 bits per heavy atom. The Labute approximate surface area is 154 Å². The smallest absolute Gasteiger partial charge is 0.191 e. The maximum atomic E-state index is 5.76. The normalized spacial score (nSPS) is 12.5. The van der Waals surface area contributed by atoms with Crippen LogP contribution in [0.5, 0.6) is 0 Å². The van der Waals surface area contributed by atoms with Crippen LogP contribution >= 0.6 is 35.6 Å². The molecule has 0 fully saturated rings. The van der Waals surface area contributed by atoms with Gasteiger partial charge in [-0.3, -0.25) is 0 Å². The second kappa shape index (κ2) is 12.9. The Kier molecular flexibility index (Phi) is 12.5. The summed E-state index contributed by atoms with van der Waals surface area (Å²) < 4.78 is 10.1. The van der Waals surface area contributed by atoms with Crippen molar-refractivity contribution in [1.29, 1.82) is 0 Å². The molecular weight excluding hydrogens is 419 g/mol. The molecule has 1 rings (SSSR count). The highest BCUT2D eigenvalue weighted by Crippen LogP contribution is 2.06. The van der Waals surface area contributed by atoms with Gasteiger partial charge >= 0.3 is 0 Å². The highest BCUT2D eigenvalue weighted by atomic mass is 127. The van der Waals surface area contributed by atoms with Gasteiger partial charge in [-0.2, -0.15) is 0 Å². The molecule has 0 aliphatic carbocycles. The van der Waals surface area contributed by atoms with Gasteiger partial charge in [0, 0.05) is 33.0 Å². The van der Waals surface area contributed by atoms with E-state index in [9.17, 15) is 0 Å². The molecule has 126 valence electrons.